The topological polar surface area (TPSA) is 97.9 Å². The molecule has 32 heavy (non-hydrogen) atoms. The predicted octanol–water partition coefficient (Wildman–Crippen LogP) is 1.93. The van der Waals surface area contributed by atoms with Crippen LogP contribution in [0.2, 0.25) is 0 Å². The van der Waals surface area contributed by atoms with Crippen molar-refractivity contribution in [3.05, 3.63) is 57.7 Å². The van der Waals surface area contributed by atoms with Crippen LogP contribution in [0.25, 0.3) is 11.0 Å². The standard InChI is InChI=1S/C23H24N4O5/c1-31-19-7-4-5-15-13-16(23(30)32-20(15)19)21(28)25-9-11-26(12-10-25)22(29)17-14-24-27-8-3-2-6-18(17)27/h4-5,7,13-14H,2-3,6,8-12H2,1H3. The first-order valence-electron chi connectivity index (χ1n) is 10.8. The summed E-state index contributed by atoms with van der Waals surface area (Å²) in [6, 6.07) is 6.78. The summed E-state index contributed by atoms with van der Waals surface area (Å²) in [5.41, 5.74) is 1.27. The molecule has 0 saturated carbocycles. The number of fused-ring (bicyclic) bond motifs is 2. The number of amides is 2. The highest BCUT2D eigenvalue weighted by Crippen LogP contribution is 2.25. The molecule has 0 aliphatic carbocycles. The molecule has 5 rings (SSSR count). The number of rotatable bonds is 3. The Labute approximate surface area is 184 Å². The van der Waals surface area contributed by atoms with Crippen molar-refractivity contribution in [2.24, 2.45) is 0 Å². The smallest absolute Gasteiger partial charge is 0.349 e. The van der Waals surface area contributed by atoms with E-state index in [1.165, 1.54) is 7.11 Å². The zero-order chi connectivity index (χ0) is 22.2. The van der Waals surface area contributed by atoms with Gasteiger partial charge in [-0.25, -0.2) is 4.79 Å². The first-order chi connectivity index (χ1) is 15.6. The maximum Gasteiger partial charge on any atom is 0.349 e. The number of methoxy groups -OCH3 is 1. The minimum absolute atomic E-state index is 0.0174. The van der Waals surface area contributed by atoms with E-state index in [9.17, 15) is 14.4 Å². The summed E-state index contributed by atoms with van der Waals surface area (Å²) >= 11 is 0. The lowest BCUT2D eigenvalue weighted by Gasteiger charge is -2.34. The van der Waals surface area contributed by atoms with Crippen molar-refractivity contribution in [3.63, 3.8) is 0 Å². The van der Waals surface area contributed by atoms with Gasteiger partial charge in [0.2, 0.25) is 0 Å². The third-order valence-electron chi connectivity index (χ3n) is 6.24. The van der Waals surface area contributed by atoms with Gasteiger partial charge in [-0.3, -0.25) is 14.3 Å². The van der Waals surface area contributed by atoms with Gasteiger partial charge in [-0.1, -0.05) is 12.1 Å². The second-order valence-electron chi connectivity index (χ2n) is 8.10. The van der Waals surface area contributed by atoms with Crippen LogP contribution in [0.15, 0.2) is 39.7 Å². The Morgan fingerprint density at radius 3 is 2.44 bits per heavy atom. The van der Waals surface area contributed by atoms with E-state index in [2.05, 4.69) is 5.10 Å². The number of piperazine rings is 1. The van der Waals surface area contributed by atoms with Gasteiger partial charge in [-0.2, -0.15) is 5.10 Å². The Kier molecular flexibility index (Phi) is 5.16. The number of hydrogen-bond donors (Lipinski definition) is 0. The molecular formula is C23H24N4O5. The van der Waals surface area contributed by atoms with Gasteiger partial charge in [0.1, 0.15) is 5.56 Å². The average molecular weight is 436 g/mol. The molecule has 2 aromatic heterocycles. The summed E-state index contributed by atoms with van der Waals surface area (Å²) in [6.07, 6.45) is 4.67. The van der Waals surface area contributed by atoms with Gasteiger partial charge >= 0.3 is 5.63 Å². The van der Waals surface area contributed by atoms with Crippen LogP contribution >= 0.6 is 0 Å². The first kappa shape index (κ1) is 20.3. The number of carbonyl (C=O) groups is 2. The first-order valence-corrected chi connectivity index (χ1v) is 10.8. The minimum Gasteiger partial charge on any atom is -0.493 e. The Morgan fingerprint density at radius 2 is 1.72 bits per heavy atom. The number of benzene rings is 1. The van der Waals surface area contributed by atoms with Gasteiger partial charge in [-0.05, 0) is 31.4 Å². The monoisotopic (exact) mass is 436 g/mol. The lowest BCUT2D eigenvalue weighted by molar-refractivity contribution is 0.0532. The molecule has 3 aromatic rings. The van der Waals surface area contributed by atoms with Crippen molar-refractivity contribution >= 4 is 22.8 Å². The maximum absolute atomic E-state index is 13.0. The van der Waals surface area contributed by atoms with Crippen LogP contribution in [0.4, 0.5) is 0 Å². The summed E-state index contributed by atoms with van der Waals surface area (Å²) < 4.78 is 12.5. The molecule has 9 nitrogen and oxygen atoms in total. The zero-order valence-electron chi connectivity index (χ0n) is 17.9. The molecule has 0 N–H and O–H groups in total. The van der Waals surface area contributed by atoms with Crippen LogP contribution < -0.4 is 10.4 Å². The molecule has 2 amide bonds. The Morgan fingerprint density at radius 1 is 1.00 bits per heavy atom. The Bertz CT molecular complexity index is 1250. The lowest BCUT2D eigenvalue weighted by atomic mass is 10.1. The number of ether oxygens (including phenoxy) is 1. The third-order valence-corrected chi connectivity index (χ3v) is 6.24. The average Bonchev–Trinajstić information content (AvgIpc) is 3.26. The molecule has 0 radical (unpaired) electrons. The van der Waals surface area contributed by atoms with Crippen molar-refractivity contribution in [2.45, 2.75) is 25.8 Å². The molecule has 1 saturated heterocycles. The molecular weight excluding hydrogens is 412 g/mol. The van der Waals surface area contributed by atoms with E-state index in [4.69, 9.17) is 9.15 Å². The number of nitrogens with zero attached hydrogens (tertiary/aromatic N) is 4. The Balaban J connectivity index is 1.31. The number of para-hydroxylation sites is 1. The van der Waals surface area contributed by atoms with Crippen LogP contribution in [0.1, 0.15) is 39.3 Å². The van der Waals surface area contributed by atoms with E-state index in [-0.39, 0.29) is 11.5 Å². The van der Waals surface area contributed by atoms with Crippen molar-refractivity contribution in [1.82, 2.24) is 19.6 Å². The SMILES string of the molecule is COc1cccc2cc(C(=O)N3CCN(C(=O)c4cnn5c4CCCC5)CC3)c(=O)oc12. The van der Waals surface area contributed by atoms with Crippen LogP contribution in [-0.2, 0) is 13.0 Å². The van der Waals surface area contributed by atoms with Crippen LogP contribution in [0, 0.1) is 0 Å². The van der Waals surface area contributed by atoms with E-state index in [0.717, 1.165) is 31.5 Å². The Hall–Kier alpha value is -3.62. The van der Waals surface area contributed by atoms with Gasteiger partial charge in [0.15, 0.2) is 11.3 Å². The molecule has 4 heterocycles. The van der Waals surface area contributed by atoms with Crippen LogP contribution in [0.3, 0.4) is 0 Å². The van der Waals surface area contributed by atoms with Gasteiger partial charge in [0.05, 0.1) is 24.6 Å². The van der Waals surface area contributed by atoms with E-state index in [1.54, 1.807) is 40.3 Å². The zero-order valence-corrected chi connectivity index (χ0v) is 17.9. The normalized spacial score (nSPS) is 16.2. The quantitative estimate of drug-likeness (QED) is 0.582. The number of aromatic nitrogens is 2. The second kappa shape index (κ2) is 8.14. The highest BCUT2D eigenvalue weighted by molar-refractivity contribution is 5.98. The summed E-state index contributed by atoms with van der Waals surface area (Å²) in [7, 11) is 1.49. The minimum atomic E-state index is -0.697. The molecule has 166 valence electrons. The highest BCUT2D eigenvalue weighted by atomic mass is 16.5. The number of carbonyl (C=O) groups excluding carboxylic acids is 2. The molecule has 2 aliphatic heterocycles. The van der Waals surface area contributed by atoms with Crippen LogP contribution in [0.5, 0.6) is 5.75 Å². The largest absolute Gasteiger partial charge is 0.493 e. The molecule has 0 atom stereocenters. The number of aryl methyl sites for hydroxylation is 1. The highest BCUT2D eigenvalue weighted by Gasteiger charge is 2.30. The summed E-state index contributed by atoms with van der Waals surface area (Å²) in [4.78, 5) is 41.9. The summed E-state index contributed by atoms with van der Waals surface area (Å²) in [6.45, 7) is 2.36. The fourth-order valence-electron chi connectivity index (χ4n) is 4.48. The molecule has 1 aromatic carbocycles. The van der Waals surface area contributed by atoms with Crippen LogP contribution in [-0.4, -0.2) is 64.7 Å². The van der Waals surface area contributed by atoms with Crippen molar-refractivity contribution < 1.29 is 18.7 Å². The van der Waals surface area contributed by atoms with E-state index < -0.39 is 11.5 Å². The maximum atomic E-state index is 13.0. The molecule has 2 aliphatic rings. The molecule has 0 unspecified atom stereocenters. The number of hydrogen-bond acceptors (Lipinski definition) is 6. The second-order valence-corrected chi connectivity index (χ2v) is 8.10. The third kappa shape index (κ3) is 3.43. The fraction of sp³-hybridized carbons (Fsp3) is 0.391. The van der Waals surface area contributed by atoms with Crippen molar-refractivity contribution in [2.75, 3.05) is 33.3 Å². The fourth-order valence-corrected chi connectivity index (χ4v) is 4.48. The van der Waals surface area contributed by atoms with E-state index in [0.29, 0.717) is 48.5 Å². The lowest BCUT2D eigenvalue weighted by Crippen LogP contribution is -2.51. The molecule has 0 bridgehead atoms. The molecule has 9 heteroatoms. The predicted molar refractivity (Wildman–Crippen MR) is 116 cm³/mol. The van der Waals surface area contributed by atoms with E-state index in [1.807, 2.05) is 4.68 Å². The van der Waals surface area contributed by atoms with Crippen molar-refractivity contribution in [1.29, 1.82) is 0 Å². The summed E-state index contributed by atoms with van der Waals surface area (Å²) in [5.74, 6) is 0.00382. The van der Waals surface area contributed by atoms with Gasteiger partial charge in [0.25, 0.3) is 11.8 Å². The summed E-state index contributed by atoms with van der Waals surface area (Å²) in [5, 5.41) is 4.97. The molecule has 0 spiro atoms. The van der Waals surface area contributed by atoms with Gasteiger partial charge in [-0.15, -0.1) is 0 Å². The van der Waals surface area contributed by atoms with E-state index >= 15 is 0 Å². The van der Waals surface area contributed by atoms with Gasteiger partial charge < -0.3 is 19.0 Å². The molecule has 1 fully saturated rings. The van der Waals surface area contributed by atoms with Crippen molar-refractivity contribution in [3.8, 4) is 5.75 Å². The van der Waals surface area contributed by atoms with Gasteiger partial charge in [0, 0.05) is 38.1 Å².